The topological polar surface area (TPSA) is 57.6 Å². The summed E-state index contributed by atoms with van der Waals surface area (Å²) in [5.74, 6) is 0. The van der Waals surface area contributed by atoms with Crippen molar-refractivity contribution in [2.24, 2.45) is 0 Å². The van der Waals surface area contributed by atoms with Gasteiger partial charge in [-0.15, -0.1) is 0 Å². The predicted molar refractivity (Wildman–Crippen MR) is 82.0 cm³/mol. The number of aryl methyl sites for hydroxylation is 1. The predicted octanol–water partition coefficient (Wildman–Crippen LogP) is 2.81. The van der Waals surface area contributed by atoms with E-state index < -0.39 is 10.0 Å². The van der Waals surface area contributed by atoms with E-state index in [1.807, 2.05) is 6.92 Å². The molecule has 0 amide bonds. The molecule has 112 valence electrons. The van der Waals surface area contributed by atoms with Gasteiger partial charge >= 0.3 is 0 Å². The number of sulfonamides is 1. The van der Waals surface area contributed by atoms with Gasteiger partial charge in [0.2, 0.25) is 10.0 Å². The zero-order valence-corrected chi connectivity index (χ0v) is 14.0. The lowest BCUT2D eigenvalue weighted by atomic mass is 10.1. The standard InChI is InChI=1S/C14H20BrNO3S/c1-11-8-12(10-17)9-13(14(11)15)20(18,19)16-6-4-2-3-5-7-16/h8-9,17H,2-7,10H2,1H3. The molecule has 0 bridgehead atoms. The summed E-state index contributed by atoms with van der Waals surface area (Å²) in [6.07, 6.45) is 4.00. The molecule has 1 saturated heterocycles. The van der Waals surface area contributed by atoms with Gasteiger partial charge in [-0.05, 0) is 52.9 Å². The van der Waals surface area contributed by atoms with Gasteiger partial charge in [-0.1, -0.05) is 18.9 Å². The quantitative estimate of drug-likeness (QED) is 0.900. The molecule has 1 aliphatic heterocycles. The van der Waals surface area contributed by atoms with Crippen molar-refractivity contribution in [1.29, 1.82) is 0 Å². The largest absolute Gasteiger partial charge is 0.392 e. The lowest BCUT2D eigenvalue weighted by Crippen LogP contribution is -2.32. The average molecular weight is 362 g/mol. The Labute approximate surface area is 129 Å². The smallest absolute Gasteiger partial charge is 0.244 e. The van der Waals surface area contributed by atoms with Gasteiger partial charge in [-0.25, -0.2) is 8.42 Å². The number of aliphatic hydroxyl groups excluding tert-OH is 1. The number of hydrogen-bond donors (Lipinski definition) is 1. The number of hydrogen-bond acceptors (Lipinski definition) is 3. The molecule has 1 aliphatic rings. The zero-order chi connectivity index (χ0) is 14.8. The molecule has 1 heterocycles. The molecule has 0 spiro atoms. The summed E-state index contributed by atoms with van der Waals surface area (Å²) in [5, 5.41) is 9.27. The molecule has 1 N–H and O–H groups in total. The van der Waals surface area contributed by atoms with Crippen LogP contribution in [-0.2, 0) is 16.6 Å². The third kappa shape index (κ3) is 3.24. The number of rotatable bonds is 3. The Bertz CT molecular complexity index is 578. The average Bonchev–Trinajstić information content (AvgIpc) is 2.70. The highest BCUT2D eigenvalue weighted by Gasteiger charge is 2.28. The van der Waals surface area contributed by atoms with Crippen molar-refractivity contribution in [2.45, 2.75) is 44.1 Å². The number of aliphatic hydroxyl groups is 1. The number of halogens is 1. The third-order valence-corrected chi connectivity index (χ3v) is 6.88. The molecule has 0 unspecified atom stereocenters. The Balaban J connectivity index is 2.45. The van der Waals surface area contributed by atoms with E-state index >= 15 is 0 Å². The van der Waals surface area contributed by atoms with Crippen LogP contribution in [0.5, 0.6) is 0 Å². The molecular formula is C14H20BrNO3S. The van der Waals surface area contributed by atoms with Crippen LogP contribution in [0.2, 0.25) is 0 Å². The maximum absolute atomic E-state index is 12.8. The van der Waals surface area contributed by atoms with E-state index in [0.717, 1.165) is 31.2 Å². The van der Waals surface area contributed by atoms with E-state index in [1.54, 1.807) is 16.4 Å². The second-order valence-electron chi connectivity index (χ2n) is 5.20. The minimum atomic E-state index is -3.50. The van der Waals surface area contributed by atoms with E-state index in [4.69, 9.17) is 0 Å². The van der Waals surface area contributed by atoms with Crippen LogP contribution >= 0.6 is 15.9 Å². The lowest BCUT2D eigenvalue weighted by molar-refractivity contribution is 0.281. The number of benzene rings is 1. The highest BCUT2D eigenvalue weighted by molar-refractivity contribution is 9.10. The van der Waals surface area contributed by atoms with Crippen molar-refractivity contribution in [3.8, 4) is 0 Å². The molecule has 1 aromatic carbocycles. The van der Waals surface area contributed by atoms with Crippen molar-refractivity contribution in [3.63, 3.8) is 0 Å². The summed E-state index contributed by atoms with van der Waals surface area (Å²) >= 11 is 3.38. The second kappa shape index (κ2) is 6.56. The fraction of sp³-hybridized carbons (Fsp3) is 0.571. The summed E-state index contributed by atoms with van der Waals surface area (Å²) in [7, 11) is -3.50. The van der Waals surface area contributed by atoms with Crippen molar-refractivity contribution < 1.29 is 13.5 Å². The molecule has 0 radical (unpaired) electrons. The fourth-order valence-corrected chi connectivity index (χ4v) is 5.06. The molecule has 1 aromatic rings. The maximum atomic E-state index is 12.8. The minimum absolute atomic E-state index is 0.156. The van der Waals surface area contributed by atoms with Gasteiger partial charge in [0.1, 0.15) is 0 Å². The van der Waals surface area contributed by atoms with Gasteiger partial charge < -0.3 is 5.11 Å². The fourth-order valence-electron chi connectivity index (χ4n) is 2.51. The summed E-state index contributed by atoms with van der Waals surface area (Å²) < 4.78 is 27.8. The molecule has 0 aliphatic carbocycles. The van der Waals surface area contributed by atoms with Crippen LogP contribution in [0.15, 0.2) is 21.5 Å². The maximum Gasteiger partial charge on any atom is 0.244 e. The first-order valence-corrected chi connectivity index (χ1v) is 9.10. The highest BCUT2D eigenvalue weighted by atomic mass is 79.9. The first kappa shape index (κ1) is 15.9. The molecule has 1 fully saturated rings. The lowest BCUT2D eigenvalue weighted by Gasteiger charge is -2.21. The van der Waals surface area contributed by atoms with Gasteiger partial charge in [0.05, 0.1) is 11.5 Å². The van der Waals surface area contributed by atoms with Crippen LogP contribution in [0.4, 0.5) is 0 Å². The highest BCUT2D eigenvalue weighted by Crippen LogP contribution is 2.30. The van der Waals surface area contributed by atoms with E-state index in [2.05, 4.69) is 15.9 Å². The van der Waals surface area contributed by atoms with Gasteiger partial charge in [0.15, 0.2) is 0 Å². The Morgan fingerprint density at radius 3 is 2.35 bits per heavy atom. The van der Waals surface area contributed by atoms with Crippen LogP contribution in [-0.4, -0.2) is 30.9 Å². The summed E-state index contributed by atoms with van der Waals surface area (Å²) in [5.41, 5.74) is 1.45. The summed E-state index contributed by atoms with van der Waals surface area (Å²) in [6, 6.07) is 3.36. The monoisotopic (exact) mass is 361 g/mol. The van der Waals surface area contributed by atoms with Crippen molar-refractivity contribution in [2.75, 3.05) is 13.1 Å². The third-order valence-electron chi connectivity index (χ3n) is 3.65. The first-order chi connectivity index (χ1) is 9.46. The van der Waals surface area contributed by atoms with Crippen molar-refractivity contribution >= 4 is 26.0 Å². The van der Waals surface area contributed by atoms with Crippen LogP contribution in [0, 0.1) is 6.92 Å². The molecule has 2 rings (SSSR count). The van der Waals surface area contributed by atoms with Crippen LogP contribution in [0.3, 0.4) is 0 Å². The Morgan fingerprint density at radius 2 is 1.80 bits per heavy atom. The van der Waals surface area contributed by atoms with E-state index in [9.17, 15) is 13.5 Å². The Hall–Kier alpha value is -0.430. The molecular weight excluding hydrogens is 342 g/mol. The van der Waals surface area contributed by atoms with Gasteiger partial charge in [-0.2, -0.15) is 4.31 Å². The van der Waals surface area contributed by atoms with Crippen molar-refractivity contribution in [3.05, 3.63) is 27.7 Å². The van der Waals surface area contributed by atoms with E-state index in [-0.39, 0.29) is 11.5 Å². The molecule has 4 nitrogen and oxygen atoms in total. The SMILES string of the molecule is Cc1cc(CO)cc(S(=O)(=O)N2CCCCCC2)c1Br. The van der Waals surface area contributed by atoms with Crippen LogP contribution in [0.1, 0.15) is 36.8 Å². The van der Waals surface area contributed by atoms with Crippen LogP contribution in [0.25, 0.3) is 0 Å². The minimum Gasteiger partial charge on any atom is -0.392 e. The normalized spacial score (nSPS) is 17.9. The second-order valence-corrected chi connectivity index (χ2v) is 7.90. The molecule has 0 atom stereocenters. The first-order valence-electron chi connectivity index (χ1n) is 6.87. The van der Waals surface area contributed by atoms with Gasteiger partial charge in [-0.3, -0.25) is 0 Å². The van der Waals surface area contributed by atoms with Gasteiger partial charge in [0, 0.05) is 17.6 Å². The summed E-state index contributed by atoms with van der Waals surface area (Å²) in [4.78, 5) is 0.267. The molecule has 0 saturated carbocycles. The van der Waals surface area contributed by atoms with Crippen molar-refractivity contribution in [1.82, 2.24) is 4.31 Å². The Kier molecular flexibility index (Phi) is 5.23. The summed E-state index contributed by atoms with van der Waals surface area (Å²) in [6.45, 7) is 2.84. The molecule has 20 heavy (non-hydrogen) atoms. The van der Waals surface area contributed by atoms with E-state index in [0.29, 0.717) is 23.1 Å². The Morgan fingerprint density at radius 1 is 1.20 bits per heavy atom. The molecule has 6 heteroatoms. The van der Waals surface area contributed by atoms with Crippen LogP contribution < -0.4 is 0 Å². The van der Waals surface area contributed by atoms with E-state index in [1.165, 1.54) is 0 Å². The number of nitrogens with zero attached hydrogens (tertiary/aromatic N) is 1. The molecule has 0 aromatic heterocycles. The van der Waals surface area contributed by atoms with Gasteiger partial charge in [0.25, 0.3) is 0 Å². The zero-order valence-electron chi connectivity index (χ0n) is 11.6.